The van der Waals surface area contributed by atoms with Crippen LogP contribution >= 0.6 is 22.6 Å². The van der Waals surface area contributed by atoms with Crippen molar-refractivity contribution in [3.05, 3.63) is 34.6 Å². The van der Waals surface area contributed by atoms with E-state index in [2.05, 4.69) is 35.6 Å². The van der Waals surface area contributed by atoms with Crippen LogP contribution in [0.3, 0.4) is 0 Å². The summed E-state index contributed by atoms with van der Waals surface area (Å²) in [7, 11) is 0. The molecule has 14 heavy (non-hydrogen) atoms. The molecule has 0 spiro atoms. The first-order chi connectivity index (χ1) is 6.52. The molecule has 1 aromatic rings. The molecule has 0 aromatic heterocycles. The Morgan fingerprint density at radius 3 is 2.86 bits per heavy atom. The highest BCUT2D eigenvalue weighted by molar-refractivity contribution is 14.1. The second-order valence-corrected chi connectivity index (χ2v) is 6.65. The average Bonchev–Trinajstić information content (AvgIpc) is 2.11. The van der Waals surface area contributed by atoms with E-state index in [1.165, 1.54) is 5.56 Å². The molecule has 0 fully saturated rings. The van der Waals surface area contributed by atoms with Crippen LogP contribution in [0.4, 0.5) is 4.39 Å². The van der Waals surface area contributed by atoms with Crippen LogP contribution in [0.1, 0.15) is 36.5 Å². The van der Waals surface area contributed by atoms with Crippen molar-refractivity contribution in [3.8, 4) is 0 Å². The van der Waals surface area contributed by atoms with Crippen molar-refractivity contribution >= 4 is 22.6 Å². The number of hydrogen-bond donors (Lipinski definition) is 0. The molecule has 1 aliphatic rings. The molecule has 1 atom stereocenters. The van der Waals surface area contributed by atoms with Crippen molar-refractivity contribution in [3.63, 3.8) is 0 Å². The van der Waals surface area contributed by atoms with Crippen LogP contribution in [-0.2, 0) is 9.84 Å². The molecule has 1 aliphatic carbocycles. The zero-order valence-electron chi connectivity index (χ0n) is 8.53. The Hall–Kier alpha value is -0.120. The van der Waals surface area contributed by atoms with E-state index in [0.717, 1.165) is 30.4 Å². The molecule has 2 heteroatoms. The Bertz CT molecular complexity index is 369. The summed E-state index contributed by atoms with van der Waals surface area (Å²) in [6.45, 7) is 4.04. The molecule has 1 aromatic carbocycles. The van der Waals surface area contributed by atoms with Gasteiger partial charge < -0.3 is 0 Å². The third kappa shape index (κ3) is 1.58. The van der Waals surface area contributed by atoms with Gasteiger partial charge in [0.25, 0.3) is 0 Å². The smallest absolute Gasteiger partial charge is 0.129 e. The summed E-state index contributed by atoms with van der Waals surface area (Å²) < 4.78 is 13.9. The van der Waals surface area contributed by atoms with Gasteiger partial charge in [-0.2, -0.15) is 0 Å². The standard InChI is InChI=1S/C12H14FI/c1-8-5-6-10-9(11(8)13)4-3-7-12(10,2)14/h5-6H,3-4,7H2,1-2H3. The molecule has 0 nitrogen and oxygen atoms in total. The number of fused-ring (bicyclic) bond motifs is 1. The van der Waals surface area contributed by atoms with Gasteiger partial charge in [-0.3, -0.25) is 0 Å². The lowest BCUT2D eigenvalue weighted by Gasteiger charge is -2.31. The van der Waals surface area contributed by atoms with Crippen LogP contribution in [0.5, 0.6) is 0 Å². The van der Waals surface area contributed by atoms with Crippen LogP contribution < -0.4 is 0 Å². The maximum atomic E-state index is 13.8. The van der Waals surface area contributed by atoms with Crippen molar-refractivity contribution in [2.24, 2.45) is 0 Å². The minimum absolute atomic E-state index is 0.0186. The molecule has 0 saturated heterocycles. The van der Waals surface area contributed by atoms with E-state index < -0.39 is 0 Å². The molecule has 1 unspecified atom stereocenters. The van der Waals surface area contributed by atoms with E-state index in [0.29, 0.717) is 0 Å². The number of benzene rings is 1. The van der Waals surface area contributed by atoms with Crippen LogP contribution in [0.25, 0.3) is 0 Å². The van der Waals surface area contributed by atoms with Crippen LogP contribution in [0, 0.1) is 12.7 Å². The topological polar surface area (TPSA) is 0 Å². The second kappa shape index (κ2) is 3.47. The number of alkyl halides is 1. The Morgan fingerprint density at radius 2 is 2.14 bits per heavy atom. The van der Waals surface area contributed by atoms with Gasteiger partial charge in [0, 0.05) is 3.42 Å². The zero-order chi connectivity index (χ0) is 10.3. The minimum Gasteiger partial charge on any atom is -0.206 e. The van der Waals surface area contributed by atoms with E-state index in [1.54, 1.807) is 0 Å². The highest BCUT2D eigenvalue weighted by atomic mass is 127. The van der Waals surface area contributed by atoms with Gasteiger partial charge in [0.1, 0.15) is 5.82 Å². The highest BCUT2D eigenvalue weighted by Crippen LogP contribution is 2.43. The number of hydrogen-bond acceptors (Lipinski definition) is 0. The maximum absolute atomic E-state index is 13.8. The lowest BCUT2D eigenvalue weighted by Crippen LogP contribution is -2.21. The van der Waals surface area contributed by atoms with Gasteiger partial charge in [0.05, 0.1) is 0 Å². The second-order valence-electron chi connectivity index (χ2n) is 4.27. The van der Waals surface area contributed by atoms with Crippen LogP contribution in [0.2, 0.25) is 0 Å². The van der Waals surface area contributed by atoms with Gasteiger partial charge >= 0.3 is 0 Å². The first-order valence-electron chi connectivity index (χ1n) is 5.00. The van der Waals surface area contributed by atoms with E-state index in [-0.39, 0.29) is 9.24 Å². The molecule has 2 rings (SSSR count). The van der Waals surface area contributed by atoms with Crippen molar-refractivity contribution in [1.29, 1.82) is 0 Å². The first kappa shape index (κ1) is 10.4. The summed E-state index contributed by atoms with van der Waals surface area (Å²) in [5.74, 6) is 0.0186. The van der Waals surface area contributed by atoms with Crippen molar-refractivity contribution in [1.82, 2.24) is 0 Å². The Morgan fingerprint density at radius 1 is 1.43 bits per heavy atom. The minimum atomic E-state index is 0.0186. The summed E-state index contributed by atoms with van der Waals surface area (Å²) in [6.07, 6.45) is 3.16. The predicted octanol–water partition coefficient (Wildman–Crippen LogP) is 4.12. The molecule has 0 heterocycles. The molecular formula is C12H14FI. The molecular weight excluding hydrogens is 290 g/mol. The van der Waals surface area contributed by atoms with Crippen LogP contribution in [0.15, 0.2) is 12.1 Å². The SMILES string of the molecule is Cc1ccc2c(c1F)CCCC2(C)I. The van der Waals surface area contributed by atoms with Gasteiger partial charge in [0.15, 0.2) is 0 Å². The maximum Gasteiger partial charge on any atom is 0.129 e. The number of halogens is 2. The molecule has 0 amide bonds. The van der Waals surface area contributed by atoms with Gasteiger partial charge in [-0.1, -0.05) is 34.7 Å². The van der Waals surface area contributed by atoms with Crippen molar-refractivity contribution in [2.75, 3.05) is 0 Å². The first-order valence-corrected chi connectivity index (χ1v) is 6.07. The quantitative estimate of drug-likeness (QED) is 0.499. The monoisotopic (exact) mass is 304 g/mol. The Kier molecular flexibility index (Phi) is 2.58. The van der Waals surface area contributed by atoms with Gasteiger partial charge in [-0.25, -0.2) is 4.39 Å². The Labute approximate surface area is 98.0 Å². The van der Waals surface area contributed by atoms with E-state index in [1.807, 2.05) is 13.0 Å². The summed E-state index contributed by atoms with van der Waals surface area (Å²) >= 11 is 2.44. The fourth-order valence-electron chi connectivity index (χ4n) is 2.20. The lowest BCUT2D eigenvalue weighted by molar-refractivity contribution is 0.526. The summed E-state index contributed by atoms with van der Waals surface area (Å²) in [4.78, 5) is 0. The van der Waals surface area contributed by atoms with Gasteiger partial charge in [-0.15, -0.1) is 0 Å². The Balaban J connectivity index is 2.62. The predicted molar refractivity (Wildman–Crippen MR) is 65.4 cm³/mol. The lowest BCUT2D eigenvalue weighted by atomic mass is 9.83. The fourth-order valence-corrected chi connectivity index (χ4v) is 3.09. The van der Waals surface area contributed by atoms with E-state index in [4.69, 9.17) is 0 Å². The summed E-state index contributed by atoms with van der Waals surface area (Å²) in [5, 5.41) is 0. The number of rotatable bonds is 0. The van der Waals surface area contributed by atoms with E-state index in [9.17, 15) is 4.39 Å². The molecule has 0 saturated carbocycles. The third-order valence-corrected chi connectivity index (χ3v) is 4.19. The summed E-state index contributed by atoms with van der Waals surface area (Å²) in [5.41, 5.74) is 2.93. The van der Waals surface area contributed by atoms with Crippen LogP contribution in [-0.4, -0.2) is 0 Å². The van der Waals surface area contributed by atoms with E-state index >= 15 is 0 Å². The molecule has 0 radical (unpaired) electrons. The highest BCUT2D eigenvalue weighted by Gasteiger charge is 2.30. The van der Waals surface area contributed by atoms with Gasteiger partial charge in [-0.05, 0) is 49.8 Å². The molecule has 0 N–H and O–H groups in total. The van der Waals surface area contributed by atoms with Crippen molar-refractivity contribution in [2.45, 2.75) is 36.5 Å². The normalized spacial score (nSPS) is 26.0. The summed E-state index contributed by atoms with van der Waals surface area (Å²) in [6, 6.07) is 4.00. The fraction of sp³-hybridized carbons (Fsp3) is 0.500. The molecule has 0 aliphatic heterocycles. The largest absolute Gasteiger partial charge is 0.206 e. The third-order valence-electron chi connectivity index (χ3n) is 3.07. The zero-order valence-corrected chi connectivity index (χ0v) is 10.7. The van der Waals surface area contributed by atoms with Gasteiger partial charge in [0.2, 0.25) is 0 Å². The molecule has 0 bridgehead atoms. The molecule has 76 valence electrons. The number of aryl methyl sites for hydroxylation is 1. The average molecular weight is 304 g/mol. The van der Waals surface area contributed by atoms with Crippen molar-refractivity contribution < 1.29 is 4.39 Å².